The molecule has 0 unspecified atom stereocenters. The summed E-state index contributed by atoms with van der Waals surface area (Å²) in [6, 6.07) is 3.42. The van der Waals surface area contributed by atoms with Crippen molar-refractivity contribution in [3.8, 4) is 0 Å². The summed E-state index contributed by atoms with van der Waals surface area (Å²) in [4.78, 5) is 11.3. The highest BCUT2D eigenvalue weighted by Crippen LogP contribution is 2.57. The van der Waals surface area contributed by atoms with Crippen LogP contribution in [0.15, 0.2) is 28.1 Å². The first-order valence-corrected chi connectivity index (χ1v) is 7.69. The third-order valence-electron chi connectivity index (χ3n) is 2.23. The van der Waals surface area contributed by atoms with E-state index < -0.39 is 7.60 Å². The molecular formula is C13H19O5P. The van der Waals surface area contributed by atoms with Gasteiger partial charge < -0.3 is 13.5 Å². The van der Waals surface area contributed by atoms with Gasteiger partial charge in [-0.1, -0.05) is 0 Å². The molecule has 0 spiro atoms. The van der Waals surface area contributed by atoms with Crippen molar-refractivity contribution in [2.45, 2.75) is 27.2 Å². The topological polar surface area (TPSA) is 65.7 Å². The Bertz CT molecular complexity index is 465. The third-order valence-corrected chi connectivity index (χ3v) is 4.42. The van der Waals surface area contributed by atoms with Crippen LogP contribution < -0.4 is 0 Å². The van der Waals surface area contributed by atoms with Gasteiger partial charge in [0.15, 0.2) is 0 Å². The molecule has 0 radical (unpaired) electrons. The van der Waals surface area contributed by atoms with E-state index in [0.717, 1.165) is 0 Å². The molecule has 5 nitrogen and oxygen atoms in total. The summed E-state index contributed by atoms with van der Waals surface area (Å²) >= 11 is 0. The molecule has 0 fully saturated rings. The van der Waals surface area contributed by atoms with Gasteiger partial charge in [-0.05, 0) is 39.0 Å². The first-order valence-electron chi connectivity index (χ1n) is 6.15. The lowest BCUT2D eigenvalue weighted by Gasteiger charge is -2.19. The molecule has 0 atom stereocenters. The lowest BCUT2D eigenvalue weighted by Crippen LogP contribution is -2.02. The van der Waals surface area contributed by atoms with Gasteiger partial charge in [0.05, 0.1) is 24.8 Å². The fourth-order valence-electron chi connectivity index (χ4n) is 1.56. The Balaban J connectivity index is 3.13. The van der Waals surface area contributed by atoms with Gasteiger partial charge in [-0.15, -0.1) is 0 Å². The van der Waals surface area contributed by atoms with Crippen molar-refractivity contribution < 1.29 is 22.8 Å². The Morgan fingerprint density at radius 3 is 2.42 bits per heavy atom. The van der Waals surface area contributed by atoms with E-state index in [0.29, 0.717) is 11.1 Å². The largest absolute Gasteiger partial charge is 0.465 e. The van der Waals surface area contributed by atoms with Crippen LogP contribution in [0.25, 0.3) is 6.08 Å². The van der Waals surface area contributed by atoms with Crippen molar-refractivity contribution in [1.29, 1.82) is 0 Å². The first kappa shape index (κ1) is 15.9. The fourth-order valence-corrected chi connectivity index (χ4v) is 3.35. The van der Waals surface area contributed by atoms with Crippen molar-refractivity contribution in [1.82, 2.24) is 0 Å². The second-order valence-electron chi connectivity index (χ2n) is 3.86. The molecule has 0 amide bonds. The molecule has 0 aliphatic carbocycles. The molecule has 1 rings (SSSR count). The van der Waals surface area contributed by atoms with Crippen LogP contribution in [0.4, 0.5) is 0 Å². The van der Waals surface area contributed by atoms with Gasteiger partial charge in [-0.3, -0.25) is 9.36 Å². The van der Waals surface area contributed by atoms with Crippen LogP contribution in [0.3, 0.4) is 0 Å². The summed E-state index contributed by atoms with van der Waals surface area (Å²) in [5, 5.41) is 0.318. The van der Waals surface area contributed by atoms with Crippen LogP contribution in [0, 0.1) is 0 Å². The van der Waals surface area contributed by atoms with Crippen LogP contribution in [-0.2, 0) is 18.4 Å². The fraction of sp³-hybridized carbons (Fsp3) is 0.462. The summed E-state index contributed by atoms with van der Waals surface area (Å²) in [6.45, 7) is 5.36. The Labute approximate surface area is 113 Å². The lowest BCUT2D eigenvalue weighted by molar-refractivity contribution is -0.116. The van der Waals surface area contributed by atoms with Crippen molar-refractivity contribution >= 4 is 19.5 Å². The van der Waals surface area contributed by atoms with Crippen LogP contribution in [-0.4, -0.2) is 19.0 Å². The predicted octanol–water partition coefficient (Wildman–Crippen LogP) is 3.87. The number of rotatable bonds is 8. The Morgan fingerprint density at radius 2 is 2.00 bits per heavy atom. The molecule has 1 aromatic rings. The van der Waals surface area contributed by atoms with E-state index in [1.807, 2.05) is 0 Å². The maximum Gasteiger partial charge on any atom is 0.357 e. The Morgan fingerprint density at radius 1 is 1.37 bits per heavy atom. The van der Waals surface area contributed by atoms with Gasteiger partial charge in [0.1, 0.15) is 11.5 Å². The number of allylic oxidation sites excluding steroid dienone is 1. The SMILES string of the molecule is CCOP(=O)(OCC)/C(=C/c1ccco1)CC(C)=O. The predicted molar refractivity (Wildman–Crippen MR) is 72.8 cm³/mol. The first-order chi connectivity index (χ1) is 9.01. The monoisotopic (exact) mass is 286 g/mol. The Hall–Kier alpha value is -1.16. The van der Waals surface area contributed by atoms with E-state index in [1.54, 1.807) is 32.1 Å². The van der Waals surface area contributed by atoms with Crippen molar-refractivity contribution in [3.63, 3.8) is 0 Å². The minimum Gasteiger partial charge on any atom is -0.465 e. The Kier molecular flexibility index (Phi) is 6.22. The highest BCUT2D eigenvalue weighted by molar-refractivity contribution is 7.58. The molecule has 1 heterocycles. The van der Waals surface area contributed by atoms with E-state index in [-0.39, 0.29) is 25.4 Å². The quantitative estimate of drug-likeness (QED) is 0.679. The summed E-state index contributed by atoms with van der Waals surface area (Å²) in [5.41, 5.74) is 0. The van der Waals surface area contributed by atoms with Crippen molar-refractivity contribution in [3.05, 3.63) is 29.5 Å². The van der Waals surface area contributed by atoms with E-state index in [9.17, 15) is 9.36 Å². The van der Waals surface area contributed by atoms with Gasteiger partial charge in [0, 0.05) is 6.42 Å². The van der Waals surface area contributed by atoms with Crippen LogP contribution >= 0.6 is 7.60 Å². The van der Waals surface area contributed by atoms with E-state index >= 15 is 0 Å². The van der Waals surface area contributed by atoms with Gasteiger partial charge in [0.2, 0.25) is 0 Å². The van der Waals surface area contributed by atoms with Gasteiger partial charge in [-0.25, -0.2) is 0 Å². The molecule has 0 N–H and O–H groups in total. The molecule has 19 heavy (non-hydrogen) atoms. The molecule has 0 saturated heterocycles. The molecule has 0 aromatic carbocycles. The zero-order chi connectivity index (χ0) is 14.3. The van der Waals surface area contributed by atoms with Crippen molar-refractivity contribution in [2.75, 3.05) is 13.2 Å². The molecular weight excluding hydrogens is 267 g/mol. The van der Waals surface area contributed by atoms with E-state index in [4.69, 9.17) is 13.5 Å². The maximum absolute atomic E-state index is 12.7. The molecule has 0 aliphatic rings. The number of Topliss-reactive ketones (excluding diaryl/α,β-unsaturated/α-hetero) is 1. The molecule has 1 aromatic heterocycles. The third kappa shape index (κ3) is 4.78. The average Bonchev–Trinajstić information content (AvgIpc) is 2.81. The standard InChI is InChI=1S/C13H19O5P/c1-4-17-19(15,18-5-2)13(9-11(3)14)10-12-7-6-8-16-12/h6-8,10H,4-5,9H2,1-3H3/b13-10+. The smallest absolute Gasteiger partial charge is 0.357 e. The minimum atomic E-state index is -3.44. The second kappa shape index (κ2) is 7.43. The normalized spacial score (nSPS) is 12.7. The number of carbonyl (C=O) groups excluding carboxylic acids is 1. The van der Waals surface area contributed by atoms with Crippen LogP contribution in [0.5, 0.6) is 0 Å². The number of ketones is 1. The zero-order valence-corrected chi connectivity index (χ0v) is 12.3. The highest BCUT2D eigenvalue weighted by Gasteiger charge is 2.30. The van der Waals surface area contributed by atoms with E-state index in [1.165, 1.54) is 13.2 Å². The van der Waals surface area contributed by atoms with Gasteiger partial charge >= 0.3 is 7.60 Å². The number of hydrogen-bond donors (Lipinski definition) is 0. The lowest BCUT2D eigenvalue weighted by atomic mass is 10.2. The second-order valence-corrected chi connectivity index (χ2v) is 5.95. The molecule has 106 valence electrons. The highest BCUT2D eigenvalue weighted by atomic mass is 31.2. The van der Waals surface area contributed by atoms with Crippen molar-refractivity contribution in [2.24, 2.45) is 0 Å². The van der Waals surface area contributed by atoms with Gasteiger partial charge in [-0.2, -0.15) is 0 Å². The van der Waals surface area contributed by atoms with Gasteiger partial charge in [0.25, 0.3) is 0 Å². The summed E-state index contributed by atoms with van der Waals surface area (Å²) in [7, 11) is -3.44. The maximum atomic E-state index is 12.7. The molecule has 0 bridgehead atoms. The minimum absolute atomic E-state index is 0.0119. The van der Waals surface area contributed by atoms with E-state index in [2.05, 4.69) is 0 Å². The summed E-state index contributed by atoms with van der Waals surface area (Å²) in [5.74, 6) is 0.397. The molecule has 0 aliphatic heterocycles. The summed E-state index contributed by atoms with van der Waals surface area (Å²) < 4.78 is 28.4. The number of carbonyl (C=O) groups is 1. The average molecular weight is 286 g/mol. The van der Waals surface area contributed by atoms with Crippen LogP contribution in [0.2, 0.25) is 0 Å². The van der Waals surface area contributed by atoms with Crippen LogP contribution in [0.1, 0.15) is 33.0 Å². The number of hydrogen-bond acceptors (Lipinski definition) is 5. The molecule has 0 saturated carbocycles. The summed E-state index contributed by atoms with van der Waals surface area (Å²) in [6.07, 6.45) is 3.06. The number of furan rings is 1. The zero-order valence-electron chi connectivity index (χ0n) is 11.4. The molecule has 6 heteroatoms.